The summed E-state index contributed by atoms with van der Waals surface area (Å²) >= 11 is 0. The zero-order valence-corrected chi connectivity index (χ0v) is 16.4. The minimum atomic E-state index is -0.213. The molecular weight excluding hydrogens is 346 g/mol. The number of hydrogen-bond acceptors (Lipinski definition) is 5. The average Bonchev–Trinajstić information content (AvgIpc) is 3.18. The molecule has 2 aromatic heterocycles. The fourth-order valence-electron chi connectivity index (χ4n) is 3.87. The Kier molecular flexibility index (Phi) is 4.35. The Labute approximate surface area is 158 Å². The number of nitrogens with one attached hydrogen (secondary N) is 1. The third-order valence-electron chi connectivity index (χ3n) is 5.49. The molecule has 2 aromatic rings. The van der Waals surface area contributed by atoms with Gasteiger partial charge in [0.25, 0.3) is 11.5 Å². The molecule has 0 bridgehead atoms. The molecule has 0 aliphatic carbocycles. The van der Waals surface area contributed by atoms with E-state index in [1.54, 1.807) is 4.90 Å². The molecule has 2 aliphatic rings. The number of fused-ring (bicyclic) bond motifs is 2. The zero-order chi connectivity index (χ0) is 19.3. The highest BCUT2D eigenvalue weighted by atomic mass is 16.5. The van der Waals surface area contributed by atoms with Gasteiger partial charge in [0.2, 0.25) is 0 Å². The van der Waals surface area contributed by atoms with Crippen molar-refractivity contribution in [3.63, 3.8) is 0 Å². The summed E-state index contributed by atoms with van der Waals surface area (Å²) in [5, 5.41) is 4.32. The van der Waals surface area contributed by atoms with Crippen LogP contribution in [0.15, 0.2) is 10.9 Å². The van der Waals surface area contributed by atoms with Crippen molar-refractivity contribution < 1.29 is 9.53 Å². The van der Waals surface area contributed by atoms with E-state index in [4.69, 9.17) is 4.74 Å². The highest BCUT2D eigenvalue weighted by Gasteiger charge is 2.36. The maximum absolute atomic E-state index is 12.9. The normalized spacial score (nSPS) is 21.3. The van der Waals surface area contributed by atoms with Gasteiger partial charge < -0.3 is 14.6 Å². The number of H-pyrrole nitrogens is 1. The van der Waals surface area contributed by atoms with E-state index >= 15 is 0 Å². The van der Waals surface area contributed by atoms with Gasteiger partial charge in [0.15, 0.2) is 0 Å². The second kappa shape index (κ2) is 6.45. The third kappa shape index (κ3) is 3.17. The van der Waals surface area contributed by atoms with Crippen LogP contribution in [0.5, 0.6) is 0 Å². The summed E-state index contributed by atoms with van der Waals surface area (Å²) in [6, 6.07) is 1.82. The van der Waals surface area contributed by atoms with E-state index in [1.165, 1.54) is 4.52 Å². The number of aromatic amines is 1. The van der Waals surface area contributed by atoms with Crippen LogP contribution in [0.4, 0.5) is 0 Å². The van der Waals surface area contributed by atoms with Gasteiger partial charge in [-0.25, -0.2) is 0 Å². The van der Waals surface area contributed by atoms with Gasteiger partial charge in [0, 0.05) is 31.2 Å². The lowest BCUT2D eigenvalue weighted by molar-refractivity contribution is -0.0663. The van der Waals surface area contributed by atoms with Crippen LogP contribution < -0.4 is 5.56 Å². The van der Waals surface area contributed by atoms with E-state index in [-0.39, 0.29) is 23.1 Å². The van der Waals surface area contributed by atoms with Crippen molar-refractivity contribution in [3.05, 3.63) is 33.4 Å². The highest BCUT2D eigenvalue weighted by Crippen LogP contribution is 2.22. The molecule has 0 unspecified atom stereocenters. The molecule has 0 spiro atoms. The standard InChI is InChI=1S/C19H27N5O3/c1-5-12-8-15-20-16-14(17(25)24(15)21-12)11-22(18(16)26)9-13-10-23(6-7-27-13)19(2,3)4/h8,13,20H,5-7,9-11H2,1-4H3/t13-/m0/s1. The molecule has 1 N–H and O–H groups in total. The summed E-state index contributed by atoms with van der Waals surface area (Å²) in [7, 11) is 0. The number of rotatable bonds is 3. The maximum atomic E-state index is 12.9. The molecule has 4 heterocycles. The minimum Gasteiger partial charge on any atom is -0.374 e. The Hall–Kier alpha value is -2.19. The first-order chi connectivity index (χ1) is 12.8. The van der Waals surface area contributed by atoms with Crippen molar-refractivity contribution >= 4 is 11.6 Å². The Morgan fingerprint density at radius 1 is 1.33 bits per heavy atom. The van der Waals surface area contributed by atoms with E-state index in [9.17, 15) is 9.59 Å². The largest absolute Gasteiger partial charge is 0.374 e. The van der Waals surface area contributed by atoms with E-state index in [2.05, 4.69) is 35.8 Å². The van der Waals surface area contributed by atoms with Gasteiger partial charge in [0.05, 0.1) is 30.5 Å². The Morgan fingerprint density at radius 3 is 2.81 bits per heavy atom. The Bertz CT molecular complexity index is 939. The van der Waals surface area contributed by atoms with Gasteiger partial charge in [-0.1, -0.05) is 6.92 Å². The molecule has 8 nitrogen and oxygen atoms in total. The molecule has 1 atom stereocenters. The lowest BCUT2D eigenvalue weighted by atomic mass is 10.0. The molecule has 1 fully saturated rings. The highest BCUT2D eigenvalue weighted by molar-refractivity contribution is 5.96. The fraction of sp³-hybridized carbons (Fsp3) is 0.632. The Balaban J connectivity index is 1.55. The summed E-state index contributed by atoms with van der Waals surface area (Å²) in [6.45, 7) is 11.7. The first kappa shape index (κ1) is 18.2. The van der Waals surface area contributed by atoms with Crippen LogP contribution in [0, 0.1) is 0 Å². The molecule has 27 heavy (non-hydrogen) atoms. The number of carbonyl (C=O) groups is 1. The number of ether oxygens (including phenoxy) is 1. The van der Waals surface area contributed by atoms with Crippen LogP contribution in [0.2, 0.25) is 0 Å². The third-order valence-corrected chi connectivity index (χ3v) is 5.49. The lowest BCUT2D eigenvalue weighted by Crippen LogP contribution is -2.54. The maximum Gasteiger partial charge on any atom is 0.280 e. The van der Waals surface area contributed by atoms with Gasteiger partial charge in [-0.2, -0.15) is 9.61 Å². The molecule has 2 aliphatic heterocycles. The van der Waals surface area contributed by atoms with Crippen LogP contribution in [0.1, 0.15) is 49.4 Å². The van der Waals surface area contributed by atoms with Crippen molar-refractivity contribution in [2.24, 2.45) is 0 Å². The first-order valence-electron chi connectivity index (χ1n) is 9.57. The van der Waals surface area contributed by atoms with Gasteiger partial charge in [-0.15, -0.1) is 0 Å². The predicted octanol–water partition coefficient (Wildman–Crippen LogP) is 1.04. The summed E-state index contributed by atoms with van der Waals surface area (Å²) in [5.74, 6) is -0.139. The number of nitrogens with zero attached hydrogens (tertiary/aromatic N) is 4. The number of morpholine rings is 1. The number of hydrogen-bond donors (Lipinski definition) is 1. The monoisotopic (exact) mass is 373 g/mol. The zero-order valence-electron chi connectivity index (χ0n) is 16.4. The van der Waals surface area contributed by atoms with Gasteiger partial charge >= 0.3 is 0 Å². The van der Waals surface area contributed by atoms with E-state index in [0.29, 0.717) is 36.6 Å². The lowest BCUT2D eigenvalue weighted by Gasteiger charge is -2.42. The molecule has 146 valence electrons. The topological polar surface area (TPSA) is 82.9 Å². The summed E-state index contributed by atoms with van der Waals surface area (Å²) < 4.78 is 7.26. The van der Waals surface area contributed by atoms with Crippen molar-refractivity contribution in [2.75, 3.05) is 26.2 Å². The Morgan fingerprint density at radius 2 is 2.11 bits per heavy atom. The predicted molar refractivity (Wildman–Crippen MR) is 101 cm³/mol. The van der Waals surface area contributed by atoms with Crippen molar-refractivity contribution in [2.45, 2.75) is 52.3 Å². The number of amides is 1. The quantitative estimate of drug-likeness (QED) is 0.869. The SMILES string of the molecule is CCc1cc2[nH]c3c(c(=O)n2n1)CN(C[C@H]1CN(C(C)(C)C)CCO1)C3=O. The summed E-state index contributed by atoms with van der Waals surface area (Å²) in [4.78, 5) is 32.9. The summed E-state index contributed by atoms with van der Waals surface area (Å²) in [6.07, 6.45) is 0.685. The van der Waals surface area contributed by atoms with Crippen molar-refractivity contribution in [1.82, 2.24) is 24.4 Å². The van der Waals surface area contributed by atoms with Gasteiger partial charge in [0.1, 0.15) is 11.3 Å². The van der Waals surface area contributed by atoms with E-state index in [0.717, 1.165) is 25.2 Å². The van der Waals surface area contributed by atoms with E-state index in [1.807, 2.05) is 13.0 Å². The van der Waals surface area contributed by atoms with Crippen LogP contribution in [0.25, 0.3) is 5.65 Å². The fourth-order valence-corrected chi connectivity index (χ4v) is 3.87. The first-order valence-corrected chi connectivity index (χ1v) is 9.57. The van der Waals surface area contributed by atoms with Crippen LogP contribution in [-0.2, 0) is 17.7 Å². The molecule has 1 saturated heterocycles. The summed E-state index contributed by atoms with van der Waals surface area (Å²) in [5.41, 5.74) is 2.13. The van der Waals surface area contributed by atoms with E-state index < -0.39 is 0 Å². The van der Waals surface area contributed by atoms with Crippen molar-refractivity contribution in [3.8, 4) is 0 Å². The van der Waals surface area contributed by atoms with Gasteiger partial charge in [-0.3, -0.25) is 14.5 Å². The molecule has 0 saturated carbocycles. The molecule has 4 rings (SSSR count). The number of aromatic nitrogens is 3. The molecular formula is C19H27N5O3. The second-order valence-electron chi connectivity index (χ2n) is 8.37. The van der Waals surface area contributed by atoms with Crippen LogP contribution in [-0.4, -0.2) is 68.2 Å². The van der Waals surface area contributed by atoms with Crippen LogP contribution >= 0.6 is 0 Å². The number of carbonyl (C=O) groups excluding carboxylic acids is 1. The molecule has 8 heteroatoms. The molecule has 0 aromatic carbocycles. The number of aryl methyl sites for hydroxylation is 1. The average molecular weight is 373 g/mol. The van der Waals surface area contributed by atoms with Crippen molar-refractivity contribution in [1.29, 1.82) is 0 Å². The smallest absolute Gasteiger partial charge is 0.280 e. The minimum absolute atomic E-state index is 0.0536. The second-order valence-corrected chi connectivity index (χ2v) is 8.37. The molecule has 1 amide bonds. The van der Waals surface area contributed by atoms with Crippen LogP contribution in [0.3, 0.4) is 0 Å². The van der Waals surface area contributed by atoms with Gasteiger partial charge in [-0.05, 0) is 27.2 Å². The molecule has 0 radical (unpaired) electrons.